The number of hydrogen-bond donors (Lipinski definition) is 2. The number of anilines is 3. The first-order valence-electron chi connectivity index (χ1n) is 5.20. The van der Waals surface area contributed by atoms with Gasteiger partial charge < -0.3 is 16.3 Å². The molecule has 102 valence electrons. The van der Waals surface area contributed by atoms with Crippen LogP contribution in [-0.2, 0) is 14.5 Å². The first kappa shape index (κ1) is 16.0. The van der Waals surface area contributed by atoms with Crippen molar-refractivity contribution in [3.63, 3.8) is 0 Å². The fraction of sp³-hybridized carbons (Fsp3) is 0.556. The van der Waals surface area contributed by atoms with E-state index >= 15 is 0 Å². The highest BCUT2D eigenvalue weighted by atomic mass is 16.9. The third-order valence-electron chi connectivity index (χ3n) is 1.69. The molecule has 0 radical (unpaired) electrons. The maximum Gasteiger partial charge on any atom is 0.284 e. The Morgan fingerprint density at radius 2 is 1.78 bits per heavy atom. The topological polar surface area (TPSA) is 129 Å². The standard InChI is InChI=1S/C8H16N6O2.CH2O/c1-3-4-5-16-14(15-2)8-12-6(9)11-7(10)13-8;1-2/h3-5H2,1-2H3,(H4,9,10,11,12,13);1H2. The summed E-state index contributed by atoms with van der Waals surface area (Å²) in [5.41, 5.74) is 10.9. The van der Waals surface area contributed by atoms with Crippen LogP contribution in [0.15, 0.2) is 0 Å². The molecule has 0 atom stereocenters. The Bertz CT molecular complexity index is 331. The number of aromatic nitrogens is 3. The lowest BCUT2D eigenvalue weighted by Gasteiger charge is -2.18. The van der Waals surface area contributed by atoms with Gasteiger partial charge in [-0.1, -0.05) is 18.6 Å². The molecule has 0 aliphatic heterocycles. The number of nitrogens with two attached hydrogens (primary N) is 2. The van der Waals surface area contributed by atoms with Crippen LogP contribution in [0.5, 0.6) is 0 Å². The summed E-state index contributed by atoms with van der Waals surface area (Å²) in [6, 6.07) is 0. The molecule has 0 amide bonds. The first-order chi connectivity index (χ1) is 8.67. The quantitative estimate of drug-likeness (QED) is 0.532. The summed E-state index contributed by atoms with van der Waals surface area (Å²) >= 11 is 0. The second kappa shape index (κ2) is 9.07. The minimum atomic E-state index is 0.0173. The van der Waals surface area contributed by atoms with Crippen molar-refractivity contribution in [1.29, 1.82) is 0 Å². The Morgan fingerprint density at radius 1 is 1.22 bits per heavy atom. The van der Waals surface area contributed by atoms with Crippen LogP contribution in [0.3, 0.4) is 0 Å². The van der Waals surface area contributed by atoms with Gasteiger partial charge >= 0.3 is 0 Å². The molecule has 18 heavy (non-hydrogen) atoms. The average Bonchev–Trinajstić information content (AvgIpc) is 2.36. The number of nitrogens with zero attached hydrogens (tertiary/aromatic N) is 4. The zero-order valence-electron chi connectivity index (χ0n) is 10.5. The van der Waals surface area contributed by atoms with Gasteiger partial charge in [-0.3, -0.25) is 0 Å². The van der Waals surface area contributed by atoms with Crippen LogP contribution in [0.4, 0.5) is 17.8 Å². The first-order valence-corrected chi connectivity index (χ1v) is 5.20. The van der Waals surface area contributed by atoms with Crippen LogP contribution in [0.2, 0.25) is 0 Å². The Balaban J connectivity index is 0.00000137. The van der Waals surface area contributed by atoms with Gasteiger partial charge in [0.1, 0.15) is 6.79 Å². The number of nitrogen functional groups attached to an aromatic ring is 2. The van der Waals surface area contributed by atoms with Crippen molar-refractivity contribution in [1.82, 2.24) is 15.0 Å². The summed E-state index contributed by atoms with van der Waals surface area (Å²) in [6.07, 6.45) is 1.91. The second-order valence-corrected chi connectivity index (χ2v) is 2.98. The van der Waals surface area contributed by atoms with E-state index in [0.29, 0.717) is 6.61 Å². The van der Waals surface area contributed by atoms with E-state index < -0.39 is 0 Å². The van der Waals surface area contributed by atoms with Gasteiger partial charge in [-0.25, -0.2) is 9.68 Å². The molecule has 0 fully saturated rings. The molecule has 4 N–H and O–H groups in total. The summed E-state index contributed by atoms with van der Waals surface area (Å²) in [5.74, 6) is 0.163. The van der Waals surface area contributed by atoms with Crippen molar-refractivity contribution in [3.05, 3.63) is 0 Å². The Labute approximate surface area is 105 Å². The van der Waals surface area contributed by atoms with E-state index in [-0.39, 0.29) is 17.8 Å². The highest BCUT2D eigenvalue weighted by Gasteiger charge is 2.12. The summed E-state index contributed by atoms with van der Waals surface area (Å²) in [5, 5.41) is 1.06. The lowest BCUT2D eigenvalue weighted by Crippen LogP contribution is -2.26. The smallest absolute Gasteiger partial charge is 0.284 e. The fourth-order valence-electron chi connectivity index (χ4n) is 0.963. The molecule has 0 unspecified atom stereocenters. The van der Waals surface area contributed by atoms with Crippen molar-refractivity contribution >= 4 is 24.6 Å². The van der Waals surface area contributed by atoms with E-state index in [9.17, 15) is 0 Å². The zero-order valence-corrected chi connectivity index (χ0v) is 10.5. The molecule has 1 aromatic rings. The summed E-state index contributed by atoms with van der Waals surface area (Å²) in [6.45, 7) is 4.55. The van der Waals surface area contributed by atoms with Gasteiger partial charge in [0, 0.05) is 0 Å². The highest BCUT2D eigenvalue weighted by Crippen LogP contribution is 2.10. The number of carbonyl (C=O) groups excluding carboxylic acids is 1. The van der Waals surface area contributed by atoms with E-state index in [0.717, 1.165) is 18.1 Å². The monoisotopic (exact) mass is 258 g/mol. The molecule has 0 saturated heterocycles. The number of rotatable bonds is 6. The lowest BCUT2D eigenvalue weighted by molar-refractivity contribution is -0.0980. The summed E-state index contributed by atoms with van der Waals surface area (Å²) in [7, 11) is 1.43. The maximum atomic E-state index is 8.00. The molecule has 9 heteroatoms. The molecular formula is C9H18N6O3. The summed E-state index contributed by atoms with van der Waals surface area (Å²) < 4.78 is 0. The van der Waals surface area contributed by atoms with Gasteiger partial charge in [-0.05, 0) is 6.42 Å². The van der Waals surface area contributed by atoms with E-state index in [1.165, 1.54) is 7.11 Å². The molecule has 1 heterocycles. The van der Waals surface area contributed by atoms with Crippen molar-refractivity contribution in [3.8, 4) is 0 Å². The normalized spacial score (nSPS) is 9.44. The van der Waals surface area contributed by atoms with Crippen LogP contribution < -0.4 is 16.7 Å². The molecule has 1 aromatic heterocycles. The molecular weight excluding hydrogens is 240 g/mol. The number of hydrogen-bond acceptors (Lipinski definition) is 9. The predicted octanol–water partition coefficient (Wildman–Crippen LogP) is -0.0494. The Morgan fingerprint density at radius 3 is 2.22 bits per heavy atom. The van der Waals surface area contributed by atoms with E-state index in [2.05, 4.69) is 21.9 Å². The SMILES string of the molecule is C=O.CCCCON(OC)c1nc(N)nc(N)n1. The zero-order chi connectivity index (χ0) is 14.0. The van der Waals surface area contributed by atoms with Gasteiger partial charge in [0.2, 0.25) is 11.9 Å². The van der Waals surface area contributed by atoms with E-state index in [4.69, 9.17) is 25.9 Å². The van der Waals surface area contributed by atoms with E-state index in [1.807, 2.05) is 6.79 Å². The molecule has 0 bridgehead atoms. The molecule has 9 nitrogen and oxygen atoms in total. The van der Waals surface area contributed by atoms with Crippen molar-refractivity contribution in [2.45, 2.75) is 19.8 Å². The maximum absolute atomic E-state index is 8.00. The van der Waals surface area contributed by atoms with E-state index in [1.54, 1.807) is 0 Å². The molecule has 0 spiro atoms. The molecule has 1 rings (SSSR count). The average molecular weight is 258 g/mol. The molecule has 0 aromatic carbocycles. The number of unbranched alkanes of at least 4 members (excludes halogenated alkanes) is 1. The van der Waals surface area contributed by atoms with Crippen molar-refractivity contribution in [2.75, 3.05) is 30.4 Å². The minimum Gasteiger partial charge on any atom is -0.368 e. The van der Waals surface area contributed by atoms with Gasteiger partial charge in [-0.15, -0.1) is 0 Å². The minimum absolute atomic E-state index is 0.0173. The highest BCUT2D eigenvalue weighted by molar-refractivity contribution is 5.35. The Kier molecular flexibility index (Phi) is 8.07. The molecule has 0 aliphatic carbocycles. The van der Waals surface area contributed by atoms with Crippen LogP contribution in [0.1, 0.15) is 19.8 Å². The van der Waals surface area contributed by atoms with Gasteiger partial charge in [0.05, 0.1) is 13.7 Å². The van der Waals surface area contributed by atoms with Gasteiger partial charge in [0.25, 0.3) is 5.95 Å². The van der Waals surface area contributed by atoms with Crippen LogP contribution in [0.25, 0.3) is 0 Å². The third kappa shape index (κ3) is 5.37. The van der Waals surface area contributed by atoms with Crippen molar-refractivity contribution in [2.24, 2.45) is 0 Å². The van der Waals surface area contributed by atoms with Gasteiger partial charge in [0.15, 0.2) is 0 Å². The third-order valence-corrected chi connectivity index (χ3v) is 1.69. The largest absolute Gasteiger partial charge is 0.368 e. The van der Waals surface area contributed by atoms with Crippen LogP contribution >= 0.6 is 0 Å². The second-order valence-electron chi connectivity index (χ2n) is 2.98. The van der Waals surface area contributed by atoms with Crippen molar-refractivity contribution < 1.29 is 14.5 Å². The van der Waals surface area contributed by atoms with Gasteiger partial charge in [-0.2, -0.15) is 15.0 Å². The molecule has 0 aliphatic rings. The Hall–Kier alpha value is -2.00. The van der Waals surface area contributed by atoms with Crippen LogP contribution in [-0.4, -0.2) is 35.5 Å². The molecule has 0 saturated carbocycles. The summed E-state index contributed by atoms with van der Waals surface area (Å²) in [4.78, 5) is 29.5. The number of carbonyl (C=O) groups is 1. The predicted molar refractivity (Wildman–Crippen MR) is 66.1 cm³/mol. The van der Waals surface area contributed by atoms with Crippen LogP contribution in [0, 0.1) is 0 Å². The lowest BCUT2D eigenvalue weighted by atomic mass is 10.4. The fourth-order valence-corrected chi connectivity index (χ4v) is 0.963.